The number of rotatable bonds is 4. The third-order valence-corrected chi connectivity index (χ3v) is 5.15. The van der Waals surface area contributed by atoms with Crippen LogP contribution >= 0.6 is 0 Å². The van der Waals surface area contributed by atoms with Gasteiger partial charge in [0.05, 0.1) is 0 Å². The van der Waals surface area contributed by atoms with E-state index in [1.807, 2.05) is 0 Å². The number of nitrogens with zero attached hydrogens (tertiary/aromatic N) is 2. The Morgan fingerprint density at radius 3 is 2.47 bits per heavy atom. The van der Waals surface area contributed by atoms with Crippen LogP contribution in [-0.4, -0.2) is 55.2 Å². The lowest BCUT2D eigenvalue weighted by molar-refractivity contribution is -0.00176. The first-order valence-corrected chi connectivity index (χ1v) is 7.99. The molecule has 0 aromatic carbocycles. The van der Waals surface area contributed by atoms with Crippen molar-refractivity contribution < 1.29 is 0 Å². The van der Waals surface area contributed by atoms with Crippen molar-refractivity contribution in [2.24, 2.45) is 17.6 Å². The van der Waals surface area contributed by atoms with Crippen LogP contribution in [0.3, 0.4) is 0 Å². The van der Waals surface area contributed by atoms with Crippen LogP contribution in [0.2, 0.25) is 0 Å². The molecule has 0 amide bonds. The molecule has 0 bridgehead atoms. The Bertz CT molecular complexity index is 273. The SMILES string of the molecule is CC(C)C1CCCCC1(CN)NN1CCN(C)CC1. The molecule has 2 rings (SSSR count). The van der Waals surface area contributed by atoms with E-state index in [0.29, 0.717) is 11.8 Å². The monoisotopic (exact) mass is 268 g/mol. The van der Waals surface area contributed by atoms with E-state index in [4.69, 9.17) is 5.73 Å². The van der Waals surface area contributed by atoms with Gasteiger partial charge in [0.25, 0.3) is 0 Å². The molecule has 112 valence electrons. The van der Waals surface area contributed by atoms with E-state index >= 15 is 0 Å². The smallest absolute Gasteiger partial charge is 0.0478 e. The van der Waals surface area contributed by atoms with Gasteiger partial charge in [-0.3, -0.25) is 0 Å². The average molecular weight is 268 g/mol. The van der Waals surface area contributed by atoms with Crippen molar-refractivity contribution in [3.05, 3.63) is 0 Å². The molecule has 4 heteroatoms. The third kappa shape index (κ3) is 3.48. The van der Waals surface area contributed by atoms with E-state index in [1.165, 1.54) is 25.7 Å². The molecule has 1 aliphatic carbocycles. The first-order valence-electron chi connectivity index (χ1n) is 7.99. The predicted molar refractivity (Wildman–Crippen MR) is 80.8 cm³/mol. The third-order valence-electron chi connectivity index (χ3n) is 5.15. The minimum Gasteiger partial charge on any atom is -0.329 e. The second kappa shape index (κ2) is 6.53. The number of nitrogens with one attached hydrogen (secondary N) is 1. The van der Waals surface area contributed by atoms with Gasteiger partial charge in [0.1, 0.15) is 0 Å². The van der Waals surface area contributed by atoms with Crippen molar-refractivity contribution in [2.75, 3.05) is 39.8 Å². The highest BCUT2D eigenvalue weighted by Crippen LogP contribution is 2.38. The predicted octanol–water partition coefficient (Wildman–Crippen LogP) is 1.28. The van der Waals surface area contributed by atoms with Crippen LogP contribution in [0.4, 0.5) is 0 Å². The van der Waals surface area contributed by atoms with Gasteiger partial charge in [0, 0.05) is 38.3 Å². The van der Waals surface area contributed by atoms with E-state index in [-0.39, 0.29) is 5.54 Å². The average Bonchev–Trinajstić information content (AvgIpc) is 2.41. The summed E-state index contributed by atoms with van der Waals surface area (Å²) in [6, 6.07) is 0. The van der Waals surface area contributed by atoms with E-state index in [9.17, 15) is 0 Å². The summed E-state index contributed by atoms with van der Waals surface area (Å²) in [6.07, 6.45) is 5.25. The maximum absolute atomic E-state index is 6.21. The number of hydrogen-bond donors (Lipinski definition) is 2. The van der Waals surface area contributed by atoms with Crippen LogP contribution in [0, 0.1) is 11.8 Å². The molecule has 2 aliphatic rings. The van der Waals surface area contributed by atoms with Crippen LogP contribution < -0.4 is 11.2 Å². The number of nitrogens with two attached hydrogens (primary N) is 1. The Labute approximate surface area is 118 Å². The summed E-state index contributed by atoms with van der Waals surface area (Å²) in [5.74, 6) is 1.43. The standard InChI is InChI=1S/C15H32N4/c1-13(2)14-6-4-5-7-15(14,12-16)17-19-10-8-18(3)9-11-19/h13-14,17H,4-12,16H2,1-3H3. The molecule has 0 spiro atoms. The topological polar surface area (TPSA) is 44.5 Å². The van der Waals surface area contributed by atoms with Gasteiger partial charge in [0.2, 0.25) is 0 Å². The second-order valence-electron chi connectivity index (χ2n) is 6.86. The Morgan fingerprint density at radius 2 is 1.89 bits per heavy atom. The molecule has 0 aromatic rings. The zero-order chi connectivity index (χ0) is 13.9. The molecular weight excluding hydrogens is 236 g/mol. The van der Waals surface area contributed by atoms with Gasteiger partial charge >= 0.3 is 0 Å². The number of likely N-dealkylation sites (N-methyl/N-ethyl adjacent to an activating group) is 1. The molecule has 0 radical (unpaired) electrons. The lowest BCUT2D eigenvalue weighted by Crippen LogP contribution is -2.66. The highest BCUT2D eigenvalue weighted by atomic mass is 15.5. The van der Waals surface area contributed by atoms with Crippen molar-refractivity contribution in [1.29, 1.82) is 0 Å². The van der Waals surface area contributed by atoms with Crippen LogP contribution in [-0.2, 0) is 0 Å². The number of piperazine rings is 1. The van der Waals surface area contributed by atoms with Gasteiger partial charge in [-0.2, -0.15) is 0 Å². The van der Waals surface area contributed by atoms with E-state index in [0.717, 1.165) is 32.7 Å². The van der Waals surface area contributed by atoms with Crippen molar-refractivity contribution >= 4 is 0 Å². The van der Waals surface area contributed by atoms with Crippen molar-refractivity contribution in [3.63, 3.8) is 0 Å². The van der Waals surface area contributed by atoms with Gasteiger partial charge < -0.3 is 10.6 Å². The molecule has 1 saturated heterocycles. The molecule has 3 N–H and O–H groups in total. The largest absolute Gasteiger partial charge is 0.329 e. The quantitative estimate of drug-likeness (QED) is 0.806. The van der Waals surface area contributed by atoms with Crippen molar-refractivity contribution in [2.45, 2.75) is 45.1 Å². The molecule has 0 aromatic heterocycles. The van der Waals surface area contributed by atoms with E-state index in [1.54, 1.807) is 0 Å². The molecule has 1 saturated carbocycles. The minimum atomic E-state index is 0.141. The first-order chi connectivity index (χ1) is 9.07. The van der Waals surface area contributed by atoms with Gasteiger partial charge in [0.15, 0.2) is 0 Å². The zero-order valence-electron chi connectivity index (χ0n) is 13.0. The Balaban J connectivity index is 2.03. The molecule has 19 heavy (non-hydrogen) atoms. The maximum atomic E-state index is 6.21. The fourth-order valence-corrected chi connectivity index (χ4v) is 3.91. The lowest BCUT2D eigenvalue weighted by Gasteiger charge is -2.50. The summed E-state index contributed by atoms with van der Waals surface area (Å²) in [6.45, 7) is 10.0. The van der Waals surface area contributed by atoms with Gasteiger partial charge in [-0.25, -0.2) is 10.4 Å². The highest BCUT2D eigenvalue weighted by Gasteiger charge is 2.42. The van der Waals surface area contributed by atoms with Crippen LogP contribution in [0.25, 0.3) is 0 Å². The van der Waals surface area contributed by atoms with Crippen LogP contribution in [0.5, 0.6) is 0 Å². The summed E-state index contributed by atoms with van der Waals surface area (Å²) in [4.78, 5) is 2.40. The zero-order valence-corrected chi connectivity index (χ0v) is 13.0. The lowest BCUT2D eigenvalue weighted by atomic mass is 9.68. The number of hydrazine groups is 1. The highest BCUT2D eigenvalue weighted by molar-refractivity contribution is 4.98. The maximum Gasteiger partial charge on any atom is 0.0478 e. The minimum absolute atomic E-state index is 0.141. The Kier molecular flexibility index (Phi) is 5.23. The second-order valence-corrected chi connectivity index (χ2v) is 6.86. The molecule has 2 atom stereocenters. The van der Waals surface area contributed by atoms with Crippen molar-refractivity contribution in [3.8, 4) is 0 Å². The first kappa shape index (κ1) is 15.2. The summed E-state index contributed by atoms with van der Waals surface area (Å²) in [5, 5.41) is 2.42. The molecule has 4 nitrogen and oxygen atoms in total. The van der Waals surface area contributed by atoms with Gasteiger partial charge in [-0.1, -0.05) is 26.7 Å². The van der Waals surface area contributed by atoms with Gasteiger partial charge in [-0.05, 0) is 31.7 Å². The van der Waals surface area contributed by atoms with Crippen molar-refractivity contribution in [1.82, 2.24) is 15.3 Å². The van der Waals surface area contributed by atoms with Crippen LogP contribution in [0.1, 0.15) is 39.5 Å². The molecule has 1 aliphatic heterocycles. The summed E-state index contributed by atoms with van der Waals surface area (Å²) in [5.41, 5.74) is 10.2. The van der Waals surface area contributed by atoms with Gasteiger partial charge in [-0.15, -0.1) is 0 Å². The van der Waals surface area contributed by atoms with E-state index < -0.39 is 0 Å². The fourth-order valence-electron chi connectivity index (χ4n) is 3.91. The number of hydrogen-bond acceptors (Lipinski definition) is 4. The molecule has 2 unspecified atom stereocenters. The molecule has 2 fully saturated rings. The Hall–Kier alpha value is -0.160. The fraction of sp³-hybridized carbons (Fsp3) is 1.00. The summed E-state index contributed by atoms with van der Waals surface area (Å²) >= 11 is 0. The summed E-state index contributed by atoms with van der Waals surface area (Å²) in [7, 11) is 2.20. The molecule has 1 heterocycles. The molecular formula is C15H32N4. The van der Waals surface area contributed by atoms with E-state index in [2.05, 4.69) is 36.2 Å². The van der Waals surface area contributed by atoms with Crippen LogP contribution in [0.15, 0.2) is 0 Å². The Morgan fingerprint density at radius 1 is 1.21 bits per heavy atom. The normalized spacial score (nSPS) is 34.9. The summed E-state index contributed by atoms with van der Waals surface area (Å²) < 4.78 is 0.